The lowest BCUT2D eigenvalue weighted by atomic mass is 10.0. The number of pyridine rings is 1. The maximum atomic E-state index is 13.3. The Morgan fingerprint density at radius 3 is 2.49 bits per heavy atom. The van der Waals surface area contributed by atoms with E-state index in [-0.39, 0.29) is 34.8 Å². The summed E-state index contributed by atoms with van der Waals surface area (Å²) in [5, 5.41) is 13.3. The number of carboxylic acid groups (broad SMARTS) is 1. The molecule has 4 rings (SSSR count). The van der Waals surface area contributed by atoms with Crippen LogP contribution < -0.4 is 24.2 Å². The van der Waals surface area contributed by atoms with Crippen molar-refractivity contribution in [3.8, 4) is 28.8 Å². The van der Waals surface area contributed by atoms with Crippen molar-refractivity contribution in [1.82, 2.24) is 19.7 Å². The average molecular weight is 582 g/mol. The molecule has 2 aromatic heterocycles. The number of aromatic nitrogens is 3. The fourth-order valence-corrected chi connectivity index (χ4v) is 5.32. The molecule has 0 atom stereocenters. The number of aromatic carboxylic acids is 1. The van der Waals surface area contributed by atoms with Crippen molar-refractivity contribution in [3.05, 3.63) is 54.4 Å². The largest absolute Gasteiger partial charge is 0.491 e. The molecule has 12 nitrogen and oxygen atoms in total. The van der Waals surface area contributed by atoms with Crippen molar-refractivity contribution in [1.29, 1.82) is 0 Å². The van der Waals surface area contributed by atoms with Crippen LogP contribution in [0.2, 0.25) is 0 Å². The summed E-state index contributed by atoms with van der Waals surface area (Å²) in [4.78, 5) is 24.6. The summed E-state index contributed by atoms with van der Waals surface area (Å²) in [6.45, 7) is 5.73. The van der Waals surface area contributed by atoms with E-state index in [1.807, 2.05) is 20.8 Å². The van der Waals surface area contributed by atoms with Gasteiger partial charge in [0.05, 0.1) is 42.7 Å². The Morgan fingerprint density at radius 1 is 1.05 bits per heavy atom. The molecular weight excluding hydrogens is 550 g/mol. The summed E-state index contributed by atoms with van der Waals surface area (Å²) in [5.41, 5.74) is 2.25. The number of hydrogen-bond donors (Lipinski definition) is 3. The van der Waals surface area contributed by atoms with Crippen LogP contribution in [0.3, 0.4) is 0 Å². The lowest BCUT2D eigenvalue weighted by Gasteiger charge is -2.18. The molecular formula is C28H31N5O7S. The van der Waals surface area contributed by atoms with E-state index in [0.29, 0.717) is 45.8 Å². The minimum Gasteiger partial charge on any atom is -0.491 e. The van der Waals surface area contributed by atoms with Gasteiger partial charge < -0.3 is 24.6 Å². The number of fused-ring (bicyclic) bond motifs is 1. The average Bonchev–Trinajstić information content (AvgIpc) is 2.94. The van der Waals surface area contributed by atoms with Crippen molar-refractivity contribution in [2.75, 3.05) is 26.1 Å². The van der Waals surface area contributed by atoms with Gasteiger partial charge in [0, 0.05) is 36.1 Å². The Balaban J connectivity index is 1.90. The SMILES string of the molecule is CCCNS(=O)(=O)c1cnc2cc(-c3cnc(OC)nc3OC)ccc2c1Nc1cc(OC(C)C)cc(C(=O)O)c1. The third kappa shape index (κ3) is 6.64. The first kappa shape index (κ1) is 29.5. The number of nitrogens with zero attached hydrogens (tertiary/aromatic N) is 3. The van der Waals surface area contributed by atoms with E-state index < -0.39 is 16.0 Å². The third-order valence-corrected chi connectivity index (χ3v) is 7.35. The summed E-state index contributed by atoms with van der Waals surface area (Å²) in [7, 11) is -1.04. The van der Waals surface area contributed by atoms with Gasteiger partial charge >= 0.3 is 12.0 Å². The topological polar surface area (TPSA) is 162 Å². The maximum Gasteiger partial charge on any atom is 0.335 e. The summed E-state index contributed by atoms with van der Waals surface area (Å²) >= 11 is 0. The molecule has 0 saturated heterocycles. The molecule has 216 valence electrons. The molecule has 3 N–H and O–H groups in total. The molecule has 0 fully saturated rings. The number of benzene rings is 2. The van der Waals surface area contributed by atoms with Crippen LogP contribution >= 0.6 is 0 Å². The molecule has 13 heteroatoms. The second kappa shape index (κ2) is 12.4. The zero-order valence-electron chi connectivity index (χ0n) is 23.3. The van der Waals surface area contributed by atoms with E-state index in [2.05, 4.69) is 25.0 Å². The second-order valence-electron chi connectivity index (χ2n) is 9.25. The molecule has 0 bridgehead atoms. The van der Waals surface area contributed by atoms with Gasteiger partial charge in [0.25, 0.3) is 0 Å². The van der Waals surface area contributed by atoms with Crippen molar-refractivity contribution in [2.24, 2.45) is 0 Å². The Labute approximate surface area is 237 Å². The number of rotatable bonds is 12. The number of carbonyl (C=O) groups is 1. The van der Waals surface area contributed by atoms with Crippen LogP contribution in [0, 0.1) is 0 Å². The van der Waals surface area contributed by atoms with Crippen molar-refractivity contribution in [2.45, 2.75) is 38.2 Å². The lowest BCUT2D eigenvalue weighted by molar-refractivity contribution is 0.0696. The van der Waals surface area contributed by atoms with Crippen molar-refractivity contribution >= 4 is 38.3 Å². The van der Waals surface area contributed by atoms with Crippen LogP contribution in [0.4, 0.5) is 11.4 Å². The predicted octanol–water partition coefficient (Wildman–Crippen LogP) is 4.63. The zero-order valence-corrected chi connectivity index (χ0v) is 24.1. The maximum absolute atomic E-state index is 13.3. The molecule has 0 radical (unpaired) electrons. The summed E-state index contributed by atoms with van der Waals surface area (Å²) in [5.74, 6) is -0.538. The molecule has 0 aliphatic carbocycles. The monoisotopic (exact) mass is 581 g/mol. The Kier molecular flexibility index (Phi) is 8.89. The normalized spacial score (nSPS) is 11.5. The number of carboxylic acids is 1. The second-order valence-corrected chi connectivity index (χ2v) is 11.0. The third-order valence-electron chi connectivity index (χ3n) is 5.88. The van der Waals surface area contributed by atoms with Gasteiger partial charge in [-0.25, -0.2) is 22.9 Å². The lowest BCUT2D eigenvalue weighted by Crippen LogP contribution is -2.25. The molecule has 0 spiro atoms. The highest BCUT2D eigenvalue weighted by molar-refractivity contribution is 7.89. The highest BCUT2D eigenvalue weighted by atomic mass is 32.2. The van der Waals surface area contributed by atoms with Crippen molar-refractivity contribution < 1.29 is 32.5 Å². The zero-order chi connectivity index (χ0) is 29.7. The predicted molar refractivity (Wildman–Crippen MR) is 154 cm³/mol. The quantitative estimate of drug-likeness (QED) is 0.214. The van der Waals surface area contributed by atoms with Gasteiger partial charge in [0.1, 0.15) is 10.6 Å². The minimum atomic E-state index is -3.98. The molecule has 0 saturated carbocycles. The summed E-state index contributed by atoms with van der Waals surface area (Å²) in [6.07, 6.45) is 3.21. The number of sulfonamides is 1. The van der Waals surface area contributed by atoms with E-state index in [4.69, 9.17) is 14.2 Å². The van der Waals surface area contributed by atoms with Gasteiger partial charge in [0.2, 0.25) is 15.9 Å². The number of ether oxygens (including phenoxy) is 3. The van der Waals surface area contributed by atoms with Crippen molar-refractivity contribution in [3.63, 3.8) is 0 Å². The number of methoxy groups -OCH3 is 2. The molecule has 2 aromatic carbocycles. The van der Waals surface area contributed by atoms with Gasteiger partial charge in [0.15, 0.2) is 0 Å². The Hall–Kier alpha value is -4.49. The molecule has 41 heavy (non-hydrogen) atoms. The van der Waals surface area contributed by atoms with Crippen LogP contribution in [0.25, 0.3) is 22.0 Å². The fraction of sp³-hybridized carbons (Fsp3) is 0.286. The van der Waals surface area contributed by atoms with Crippen LogP contribution in [0.5, 0.6) is 17.6 Å². The Morgan fingerprint density at radius 2 is 1.83 bits per heavy atom. The van der Waals surface area contributed by atoms with E-state index in [1.165, 1.54) is 32.5 Å². The van der Waals surface area contributed by atoms with Crippen LogP contribution in [-0.4, -0.2) is 61.3 Å². The number of anilines is 2. The van der Waals surface area contributed by atoms with Crippen LogP contribution in [0.1, 0.15) is 37.6 Å². The van der Waals surface area contributed by atoms with E-state index >= 15 is 0 Å². The first-order valence-electron chi connectivity index (χ1n) is 12.8. The van der Waals surface area contributed by atoms with Crippen LogP contribution in [0.15, 0.2) is 53.7 Å². The minimum absolute atomic E-state index is 0.0218. The van der Waals surface area contributed by atoms with E-state index in [0.717, 1.165) is 0 Å². The molecule has 0 aliphatic heterocycles. The van der Waals surface area contributed by atoms with Crippen LogP contribution in [-0.2, 0) is 10.0 Å². The molecule has 2 heterocycles. The van der Waals surface area contributed by atoms with Gasteiger partial charge in [-0.3, -0.25) is 4.98 Å². The van der Waals surface area contributed by atoms with E-state index in [1.54, 1.807) is 30.5 Å². The fourth-order valence-electron chi connectivity index (χ4n) is 4.07. The molecule has 0 unspecified atom stereocenters. The number of hydrogen-bond acceptors (Lipinski definition) is 10. The highest BCUT2D eigenvalue weighted by Gasteiger charge is 2.23. The summed E-state index contributed by atoms with van der Waals surface area (Å²) < 4.78 is 45.4. The molecule has 4 aromatic rings. The smallest absolute Gasteiger partial charge is 0.335 e. The Bertz CT molecular complexity index is 1690. The van der Waals surface area contributed by atoms with Gasteiger partial charge in [-0.05, 0) is 44.0 Å². The summed E-state index contributed by atoms with van der Waals surface area (Å²) in [6, 6.07) is 9.82. The molecule has 0 amide bonds. The van der Waals surface area contributed by atoms with Gasteiger partial charge in [-0.2, -0.15) is 4.98 Å². The standard InChI is InChI=1S/C28H31N5O7S/c1-6-9-31-41(36,37)24-15-29-23-12-17(22-14-30-28(39-5)33-26(22)38-4)7-8-21(23)25(24)32-19-10-18(27(34)35)11-20(13-19)40-16(2)3/h7-8,10-16,31H,6,9H2,1-5H3,(H,29,32)(H,34,35). The number of nitrogens with one attached hydrogen (secondary N) is 2. The van der Waals surface area contributed by atoms with Gasteiger partial charge in [-0.15, -0.1) is 0 Å². The van der Waals surface area contributed by atoms with E-state index in [9.17, 15) is 18.3 Å². The molecule has 0 aliphatic rings. The van der Waals surface area contributed by atoms with Gasteiger partial charge in [-0.1, -0.05) is 19.1 Å². The first-order valence-corrected chi connectivity index (χ1v) is 14.2. The first-order chi connectivity index (χ1) is 19.6. The highest BCUT2D eigenvalue weighted by Crippen LogP contribution is 2.37.